The van der Waals surface area contributed by atoms with Gasteiger partial charge in [0.2, 0.25) is 11.7 Å². The van der Waals surface area contributed by atoms with E-state index in [1.54, 1.807) is 60.7 Å². The molecule has 0 atom stereocenters. The number of hydrogen-bond acceptors (Lipinski definition) is 4. The fourth-order valence-electron chi connectivity index (χ4n) is 2.56. The smallest absolute Gasteiger partial charge is 0.371 e. The molecule has 1 amide bonds. The van der Waals surface area contributed by atoms with E-state index in [1.807, 2.05) is 0 Å². The molecule has 2 N–H and O–H groups in total. The summed E-state index contributed by atoms with van der Waals surface area (Å²) >= 11 is 0. The maximum absolute atomic E-state index is 12.3. The second kappa shape index (κ2) is 8.18. The van der Waals surface area contributed by atoms with Gasteiger partial charge in [-0.05, 0) is 35.9 Å². The van der Waals surface area contributed by atoms with Crippen LogP contribution in [0.2, 0.25) is 0 Å². The van der Waals surface area contributed by atoms with Crippen molar-refractivity contribution in [3.63, 3.8) is 0 Å². The van der Waals surface area contributed by atoms with E-state index in [0.29, 0.717) is 22.6 Å². The van der Waals surface area contributed by atoms with Gasteiger partial charge >= 0.3 is 5.97 Å². The van der Waals surface area contributed by atoms with Gasteiger partial charge < -0.3 is 14.8 Å². The van der Waals surface area contributed by atoms with Gasteiger partial charge in [-0.25, -0.2) is 4.79 Å². The van der Waals surface area contributed by atoms with Crippen molar-refractivity contribution in [3.8, 4) is 11.3 Å². The summed E-state index contributed by atoms with van der Waals surface area (Å²) in [7, 11) is 0. The number of aromatic carboxylic acids is 1. The average Bonchev–Trinajstić information content (AvgIpc) is 3.17. The Morgan fingerprint density at radius 3 is 2.18 bits per heavy atom. The third-order valence-corrected chi connectivity index (χ3v) is 3.93. The van der Waals surface area contributed by atoms with E-state index in [2.05, 4.69) is 5.32 Å². The highest BCUT2D eigenvalue weighted by molar-refractivity contribution is 6.07. The molecule has 0 bridgehead atoms. The van der Waals surface area contributed by atoms with Crippen LogP contribution in [0.5, 0.6) is 0 Å². The highest BCUT2D eigenvalue weighted by atomic mass is 16.4. The number of benzene rings is 2. The van der Waals surface area contributed by atoms with E-state index in [4.69, 9.17) is 9.52 Å². The molecule has 1 heterocycles. The molecule has 0 aliphatic heterocycles. The summed E-state index contributed by atoms with van der Waals surface area (Å²) in [5.41, 5.74) is 2.70. The Bertz CT molecular complexity index is 1040. The molecule has 3 aromatic rings. The maximum atomic E-state index is 12.3. The Hall–Kier alpha value is -3.93. The number of rotatable bonds is 6. The molecule has 6 nitrogen and oxygen atoms in total. The Balaban J connectivity index is 1.67. The van der Waals surface area contributed by atoms with E-state index < -0.39 is 5.97 Å². The Morgan fingerprint density at radius 2 is 1.61 bits per heavy atom. The van der Waals surface area contributed by atoms with Crippen molar-refractivity contribution < 1.29 is 23.9 Å². The summed E-state index contributed by atoms with van der Waals surface area (Å²) in [4.78, 5) is 34.2. The van der Waals surface area contributed by atoms with Gasteiger partial charge in [-0.2, -0.15) is 0 Å². The van der Waals surface area contributed by atoms with E-state index in [0.717, 1.165) is 5.56 Å². The highest BCUT2D eigenvalue weighted by Crippen LogP contribution is 2.23. The summed E-state index contributed by atoms with van der Waals surface area (Å²) in [6.45, 7) is 1.44. The normalized spacial score (nSPS) is 10.8. The van der Waals surface area contributed by atoms with Crippen LogP contribution in [-0.4, -0.2) is 22.8 Å². The number of carbonyl (C=O) groups is 3. The topological polar surface area (TPSA) is 96.6 Å². The third-order valence-electron chi connectivity index (χ3n) is 3.93. The molecule has 0 unspecified atom stereocenters. The standard InChI is InChI=1S/C22H17NO5/c1-14(24)23-18-9-2-15(3-10-18)4-11-19(25)16-5-7-17(8-6-16)20-12-13-21(28-20)22(26)27/h2-13H,1H3,(H,23,24)(H,26,27)/b11-4+. The molecular weight excluding hydrogens is 358 g/mol. The molecular formula is C22H17NO5. The van der Waals surface area contributed by atoms with Crippen LogP contribution in [0.25, 0.3) is 17.4 Å². The summed E-state index contributed by atoms with van der Waals surface area (Å²) in [6.07, 6.45) is 3.16. The number of furan rings is 1. The van der Waals surface area contributed by atoms with Gasteiger partial charge in [0, 0.05) is 23.7 Å². The molecule has 0 saturated heterocycles. The first-order valence-electron chi connectivity index (χ1n) is 8.46. The SMILES string of the molecule is CC(=O)Nc1ccc(/C=C/C(=O)c2ccc(-c3ccc(C(=O)O)o3)cc2)cc1. The van der Waals surface area contributed by atoms with E-state index in [1.165, 1.54) is 19.1 Å². The van der Waals surface area contributed by atoms with Crippen molar-refractivity contribution in [3.05, 3.63) is 83.6 Å². The molecule has 0 aliphatic rings. The van der Waals surface area contributed by atoms with Crippen LogP contribution in [0, 0.1) is 0 Å². The molecule has 0 radical (unpaired) electrons. The van der Waals surface area contributed by atoms with E-state index in [9.17, 15) is 14.4 Å². The minimum atomic E-state index is -1.13. The zero-order valence-corrected chi connectivity index (χ0v) is 15.0. The first-order valence-corrected chi connectivity index (χ1v) is 8.46. The van der Waals surface area contributed by atoms with Crippen LogP contribution < -0.4 is 5.32 Å². The van der Waals surface area contributed by atoms with Crippen LogP contribution in [0.4, 0.5) is 5.69 Å². The highest BCUT2D eigenvalue weighted by Gasteiger charge is 2.11. The van der Waals surface area contributed by atoms with Crippen LogP contribution in [0.15, 0.2) is 71.2 Å². The number of amides is 1. The van der Waals surface area contributed by atoms with Crippen molar-refractivity contribution in [1.29, 1.82) is 0 Å². The molecule has 3 rings (SSSR count). The number of carbonyl (C=O) groups excluding carboxylic acids is 2. The van der Waals surface area contributed by atoms with Crippen LogP contribution in [-0.2, 0) is 4.79 Å². The largest absolute Gasteiger partial charge is 0.475 e. The van der Waals surface area contributed by atoms with Crippen molar-refractivity contribution in [1.82, 2.24) is 0 Å². The number of hydrogen-bond donors (Lipinski definition) is 2. The van der Waals surface area contributed by atoms with Gasteiger partial charge in [0.15, 0.2) is 5.78 Å². The molecule has 0 aliphatic carbocycles. The number of anilines is 1. The lowest BCUT2D eigenvalue weighted by atomic mass is 10.1. The lowest BCUT2D eigenvalue weighted by Crippen LogP contribution is -2.05. The molecule has 0 fully saturated rings. The average molecular weight is 375 g/mol. The summed E-state index contributed by atoms with van der Waals surface area (Å²) in [6, 6.07) is 16.8. The van der Waals surface area contributed by atoms with Crippen molar-refractivity contribution >= 4 is 29.4 Å². The van der Waals surface area contributed by atoms with Gasteiger partial charge in [-0.15, -0.1) is 0 Å². The number of nitrogens with one attached hydrogen (secondary N) is 1. The predicted octanol–water partition coefficient (Wildman–Crippen LogP) is 4.50. The first-order chi connectivity index (χ1) is 13.4. The van der Waals surface area contributed by atoms with Gasteiger partial charge in [0.1, 0.15) is 5.76 Å². The van der Waals surface area contributed by atoms with Crippen molar-refractivity contribution in [2.45, 2.75) is 6.92 Å². The first kappa shape index (κ1) is 18.8. The predicted molar refractivity (Wildman–Crippen MR) is 105 cm³/mol. The van der Waals surface area contributed by atoms with Gasteiger partial charge in [0.25, 0.3) is 0 Å². The van der Waals surface area contributed by atoms with Gasteiger partial charge in [0.05, 0.1) is 0 Å². The quantitative estimate of drug-likeness (QED) is 0.488. The monoisotopic (exact) mass is 375 g/mol. The molecule has 28 heavy (non-hydrogen) atoms. The molecule has 2 aromatic carbocycles. The second-order valence-corrected chi connectivity index (χ2v) is 6.05. The number of allylic oxidation sites excluding steroid dienone is 1. The fraction of sp³-hybridized carbons (Fsp3) is 0.0455. The third kappa shape index (κ3) is 4.62. The maximum Gasteiger partial charge on any atom is 0.371 e. The minimum Gasteiger partial charge on any atom is -0.475 e. The van der Waals surface area contributed by atoms with Crippen LogP contribution in [0.1, 0.15) is 33.4 Å². The van der Waals surface area contributed by atoms with Crippen LogP contribution >= 0.6 is 0 Å². The Kier molecular flexibility index (Phi) is 5.50. The second-order valence-electron chi connectivity index (χ2n) is 6.05. The molecule has 0 saturated carbocycles. The number of carboxylic acid groups (broad SMARTS) is 1. The summed E-state index contributed by atoms with van der Waals surface area (Å²) < 4.78 is 5.25. The van der Waals surface area contributed by atoms with Gasteiger partial charge in [-0.1, -0.05) is 42.5 Å². The van der Waals surface area contributed by atoms with Gasteiger partial charge in [-0.3, -0.25) is 9.59 Å². The van der Waals surface area contributed by atoms with E-state index >= 15 is 0 Å². The zero-order chi connectivity index (χ0) is 20.1. The summed E-state index contributed by atoms with van der Waals surface area (Å²) in [5, 5.41) is 11.6. The molecule has 140 valence electrons. The van der Waals surface area contributed by atoms with E-state index in [-0.39, 0.29) is 17.5 Å². The Morgan fingerprint density at radius 1 is 0.929 bits per heavy atom. The molecule has 6 heteroatoms. The number of carboxylic acids is 1. The fourth-order valence-corrected chi connectivity index (χ4v) is 2.56. The zero-order valence-electron chi connectivity index (χ0n) is 15.0. The minimum absolute atomic E-state index is 0.136. The molecule has 1 aromatic heterocycles. The lowest BCUT2D eigenvalue weighted by Gasteiger charge is -2.02. The summed E-state index contributed by atoms with van der Waals surface area (Å²) in [5.74, 6) is -1.15. The van der Waals surface area contributed by atoms with Crippen LogP contribution in [0.3, 0.4) is 0 Å². The molecule has 0 spiro atoms. The Labute approximate surface area is 161 Å². The van der Waals surface area contributed by atoms with Crippen molar-refractivity contribution in [2.24, 2.45) is 0 Å². The lowest BCUT2D eigenvalue weighted by molar-refractivity contribution is -0.114. The van der Waals surface area contributed by atoms with Crippen molar-refractivity contribution in [2.75, 3.05) is 5.32 Å². The number of ketones is 1.